The molecular weight excluding hydrogens is 216 g/mol. The Balaban J connectivity index is 2.05. The van der Waals surface area contributed by atoms with Crippen molar-refractivity contribution in [2.75, 3.05) is 19.6 Å². The highest BCUT2D eigenvalue weighted by Gasteiger charge is 2.31. The van der Waals surface area contributed by atoms with E-state index in [0.717, 1.165) is 13.0 Å². The first-order chi connectivity index (χ1) is 7.74. The molecule has 1 aliphatic rings. The van der Waals surface area contributed by atoms with Crippen molar-refractivity contribution in [3.05, 3.63) is 22.4 Å². The van der Waals surface area contributed by atoms with Gasteiger partial charge in [-0.05, 0) is 61.7 Å². The predicted octanol–water partition coefficient (Wildman–Crippen LogP) is 2.49. The second-order valence-electron chi connectivity index (χ2n) is 5.06. The Morgan fingerprint density at radius 2 is 2.12 bits per heavy atom. The average molecular weight is 238 g/mol. The van der Waals surface area contributed by atoms with Crippen molar-refractivity contribution < 1.29 is 0 Å². The van der Waals surface area contributed by atoms with Gasteiger partial charge in [-0.15, -0.1) is 0 Å². The smallest absolute Gasteiger partial charge is 0.0344 e. The van der Waals surface area contributed by atoms with Gasteiger partial charge in [0.1, 0.15) is 0 Å². The summed E-state index contributed by atoms with van der Waals surface area (Å²) in [6.45, 7) is 5.51. The number of thiophene rings is 1. The molecule has 0 bridgehead atoms. The van der Waals surface area contributed by atoms with Gasteiger partial charge in [-0.25, -0.2) is 0 Å². The van der Waals surface area contributed by atoms with Gasteiger partial charge in [-0.1, -0.05) is 6.42 Å². The summed E-state index contributed by atoms with van der Waals surface area (Å²) in [5.74, 6) is 0. The molecule has 2 heterocycles. The number of likely N-dealkylation sites (tertiary alicyclic amines) is 1. The van der Waals surface area contributed by atoms with E-state index in [2.05, 4.69) is 28.7 Å². The highest BCUT2D eigenvalue weighted by atomic mass is 32.1. The first kappa shape index (κ1) is 12.1. The van der Waals surface area contributed by atoms with Crippen LogP contribution in [0.5, 0.6) is 0 Å². The highest BCUT2D eigenvalue weighted by Crippen LogP contribution is 2.25. The van der Waals surface area contributed by atoms with Gasteiger partial charge in [-0.2, -0.15) is 11.3 Å². The quantitative estimate of drug-likeness (QED) is 0.873. The van der Waals surface area contributed by atoms with Gasteiger partial charge >= 0.3 is 0 Å². The summed E-state index contributed by atoms with van der Waals surface area (Å²) in [5, 5.41) is 4.40. The van der Waals surface area contributed by atoms with Crippen molar-refractivity contribution in [3.63, 3.8) is 0 Å². The zero-order valence-electron chi connectivity index (χ0n) is 10.1. The molecule has 1 aromatic rings. The van der Waals surface area contributed by atoms with Crippen LogP contribution < -0.4 is 5.73 Å². The van der Waals surface area contributed by atoms with Crippen molar-refractivity contribution in [1.29, 1.82) is 0 Å². The SMILES string of the molecule is CC(CN)(Cc1ccsc1)N1CCCCC1. The van der Waals surface area contributed by atoms with Crippen LogP contribution in [0, 0.1) is 0 Å². The van der Waals surface area contributed by atoms with Crippen LogP contribution in [0.4, 0.5) is 0 Å². The molecule has 0 aliphatic carbocycles. The molecule has 1 fully saturated rings. The molecule has 16 heavy (non-hydrogen) atoms. The molecule has 1 aliphatic heterocycles. The summed E-state index contributed by atoms with van der Waals surface area (Å²) in [6, 6.07) is 2.22. The molecule has 1 unspecified atom stereocenters. The van der Waals surface area contributed by atoms with E-state index >= 15 is 0 Å². The second kappa shape index (κ2) is 5.30. The standard InChI is InChI=1S/C13H22N2S/c1-13(11-14,9-12-5-8-16-10-12)15-6-3-2-4-7-15/h5,8,10H,2-4,6-7,9,11,14H2,1H3. The van der Waals surface area contributed by atoms with E-state index in [1.807, 2.05) is 0 Å². The minimum absolute atomic E-state index is 0.154. The van der Waals surface area contributed by atoms with Crippen LogP contribution in [-0.4, -0.2) is 30.1 Å². The van der Waals surface area contributed by atoms with E-state index in [0.29, 0.717) is 0 Å². The fourth-order valence-corrected chi connectivity index (χ4v) is 3.25. The average Bonchev–Trinajstić information content (AvgIpc) is 2.83. The third kappa shape index (κ3) is 2.65. The molecule has 1 saturated heterocycles. The van der Waals surface area contributed by atoms with Crippen LogP contribution in [0.15, 0.2) is 16.8 Å². The minimum Gasteiger partial charge on any atom is -0.329 e. The summed E-state index contributed by atoms with van der Waals surface area (Å²) < 4.78 is 0. The number of nitrogens with two attached hydrogens (primary N) is 1. The van der Waals surface area contributed by atoms with Crippen LogP contribution >= 0.6 is 11.3 Å². The van der Waals surface area contributed by atoms with Crippen LogP contribution in [-0.2, 0) is 6.42 Å². The van der Waals surface area contributed by atoms with E-state index in [4.69, 9.17) is 5.73 Å². The topological polar surface area (TPSA) is 29.3 Å². The third-order valence-corrected chi connectivity index (χ3v) is 4.46. The summed E-state index contributed by atoms with van der Waals surface area (Å²) in [4.78, 5) is 2.59. The molecule has 90 valence electrons. The molecule has 1 aromatic heterocycles. The lowest BCUT2D eigenvalue weighted by Gasteiger charge is -2.43. The van der Waals surface area contributed by atoms with Gasteiger partial charge in [0.2, 0.25) is 0 Å². The van der Waals surface area contributed by atoms with E-state index in [9.17, 15) is 0 Å². The molecule has 0 radical (unpaired) electrons. The van der Waals surface area contributed by atoms with Gasteiger partial charge in [0, 0.05) is 12.1 Å². The first-order valence-corrected chi connectivity index (χ1v) is 7.15. The summed E-state index contributed by atoms with van der Waals surface area (Å²) in [5.41, 5.74) is 7.60. The van der Waals surface area contributed by atoms with E-state index in [-0.39, 0.29) is 5.54 Å². The van der Waals surface area contributed by atoms with Crippen molar-refractivity contribution in [2.45, 2.75) is 38.1 Å². The Morgan fingerprint density at radius 1 is 1.38 bits per heavy atom. The lowest BCUT2D eigenvalue weighted by Crippen LogP contribution is -2.54. The zero-order chi connectivity index (χ0) is 11.4. The summed E-state index contributed by atoms with van der Waals surface area (Å²) in [7, 11) is 0. The molecule has 2 rings (SSSR count). The van der Waals surface area contributed by atoms with Crippen LogP contribution in [0.3, 0.4) is 0 Å². The Morgan fingerprint density at radius 3 is 2.69 bits per heavy atom. The molecule has 0 aromatic carbocycles. The molecular formula is C13H22N2S. The molecule has 0 amide bonds. The maximum Gasteiger partial charge on any atom is 0.0344 e. The largest absolute Gasteiger partial charge is 0.329 e. The van der Waals surface area contributed by atoms with Crippen molar-refractivity contribution >= 4 is 11.3 Å². The summed E-state index contributed by atoms with van der Waals surface area (Å²) in [6.07, 6.45) is 5.14. The third-order valence-electron chi connectivity index (χ3n) is 3.72. The normalized spacial score (nSPS) is 21.9. The monoisotopic (exact) mass is 238 g/mol. The van der Waals surface area contributed by atoms with Crippen LogP contribution in [0.1, 0.15) is 31.7 Å². The maximum absolute atomic E-state index is 6.02. The Kier molecular flexibility index (Phi) is 4.00. The molecule has 2 N–H and O–H groups in total. The Bertz CT molecular complexity index is 304. The fraction of sp³-hybridized carbons (Fsp3) is 0.692. The number of rotatable bonds is 4. The predicted molar refractivity (Wildman–Crippen MR) is 70.9 cm³/mol. The van der Waals surface area contributed by atoms with Gasteiger partial charge in [0.05, 0.1) is 0 Å². The molecule has 0 saturated carbocycles. The van der Waals surface area contributed by atoms with Crippen LogP contribution in [0.25, 0.3) is 0 Å². The van der Waals surface area contributed by atoms with E-state index < -0.39 is 0 Å². The zero-order valence-corrected chi connectivity index (χ0v) is 10.9. The number of hydrogen-bond acceptors (Lipinski definition) is 3. The second-order valence-corrected chi connectivity index (χ2v) is 5.84. The van der Waals surface area contributed by atoms with Gasteiger partial charge in [0.15, 0.2) is 0 Å². The minimum atomic E-state index is 0.154. The van der Waals surface area contributed by atoms with E-state index in [1.165, 1.54) is 37.9 Å². The van der Waals surface area contributed by atoms with Crippen molar-refractivity contribution in [1.82, 2.24) is 4.90 Å². The highest BCUT2D eigenvalue weighted by molar-refractivity contribution is 7.07. The van der Waals surface area contributed by atoms with Crippen molar-refractivity contribution in [2.24, 2.45) is 5.73 Å². The molecule has 2 nitrogen and oxygen atoms in total. The van der Waals surface area contributed by atoms with Crippen molar-refractivity contribution in [3.8, 4) is 0 Å². The molecule has 1 atom stereocenters. The lowest BCUT2D eigenvalue weighted by atomic mass is 9.90. The van der Waals surface area contributed by atoms with Crippen LogP contribution in [0.2, 0.25) is 0 Å². The fourth-order valence-electron chi connectivity index (χ4n) is 2.58. The Labute approximate surface area is 102 Å². The number of nitrogens with zero attached hydrogens (tertiary/aromatic N) is 1. The maximum atomic E-state index is 6.02. The number of piperidine rings is 1. The first-order valence-electron chi connectivity index (χ1n) is 6.21. The molecule has 3 heteroatoms. The van der Waals surface area contributed by atoms with Gasteiger partial charge in [-0.3, -0.25) is 4.90 Å². The number of hydrogen-bond donors (Lipinski definition) is 1. The van der Waals surface area contributed by atoms with Gasteiger partial charge in [0.25, 0.3) is 0 Å². The molecule has 0 spiro atoms. The Hall–Kier alpha value is -0.380. The lowest BCUT2D eigenvalue weighted by molar-refractivity contribution is 0.0871. The summed E-state index contributed by atoms with van der Waals surface area (Å²) >= 11 is 1.78. The van der Waals surface area contributed by atoms with E-state index in [1.54, 1.807) is 11.3 Å². The van der Waals surface area contributed by atoms with Gasteiger partial charge < -0.3 is 5.73 Å².